The van der Waals surface area contributed by atoms with Gasteiger partial charge < -0.3 is 11.1 Å². The number of nitrogens with one attached hydrogen (secondary N) is 1. The number of hydrogen-bond acceptors (Lipinski definition) is 5. The maximum atomic E-state index is 11.9. The van der Waals surface area contributed by atoms with Crippen LogP contribution in [-0.4, -0.2) is 20.9 Å². The van der Waals surface area contributed by atoms with Crippen LogP contribution in [0.4, 0.5) is 11.5 Å². The lowest BCUT2D eigenvalue weighted by atomic mass is 10.2. The number of rotatable bonds is 3. The van der Waals surface area contributed by atoms with Gasteiger partial charge in [-0.15, -0.1) is 0 Å². The van der Waals surface area contributed by atoms with E-state index >= 15 is 0 Å². The van der Waals surface area contributed by atoms with E-state index in [2.05, 4.69) is 20.3 Å². The van der Waals surface area contributed by atoms with E-state index in [0.29, 0.717) is 5.69 Å². The van der Waals surface area contributed by atoms with Gasteiger partial charge in [-0.05, 0) is 18.6 Å². The number of carbonyl (C=O) groups is 1. The molecule has 0 bridgehead atoms. The predicted molar refractivity (Wildman–Crippen MR) is 68.0 cm³/mol. The topological polar surface area (TPSA) is 93.8 Å². The Bertz CT molecular complexity index is 570. The smallest absolute Gasteiger partial charge is 0.278 e. The monoisotopic (exact) mass is 243 g/mol. The summed E-state index contributed by atoms with van der Waals surface area (Å²) in [5, 5.41) is 2.71. The number of amides is 1. The highest BCUT2D eigenvalue weighted by Crippen LogP contribution is 2.11. The molecule has 6 nitrogen and oxygen atoms in total. The molecule has 0 atom stereocenters. The Balaban J connectivity index is 2.19. The maximum absolute atomic E-state index is 11.9. The van der Waals surface area contributed by atoms with Crippen LogP contribution in [0.3, 0.4) is 0 Å². The second-order valence-corrected chi connectivity index (χ2v) is 3.63. The Hall–Kier alpha value is -2.50. The third-order valence-electron chi connectivity index (χ3n) is 2.38. The van der Waals surface area contributed by atoms with Crippen molar-refractivity contribution in [2.24, 2.45) is 0 Å². The number of nitrogens with zero attached hydrogens (tertiary/aromatic N) is 3. The van der Waals surface area contributed by atoms with Crippen LogP contribution in [0.5, 0.6) is 0 Å². The summed E-state index contributed by atoms with van der Waals surface area (Å²) in [5.74, 6) is -0.270. The standard InChI is InChI=1S/C12H13N5O/c1-2-8-7-9(3-4-14-8)17-12(18)10-11(13)16-6-5-15-10/h3-7H,2H2,1H3,(H2,13,16)(H,14,17,18). The summed E-state index contributed by atoms with van der Waals surface area (Å²) in [5.41, 5.74) is 7.27. The van der Waals surface area contributed by atoms with Crippen LogP contribution >= 0.6 is 0 Å². The number of carbonyl (C=O) groups excluding carboxylic acids is 1. The van der Waals surface area contributed by atoms with Crippen molar-refractivity contribution in [3.63, 3.8) is 0 Å². The van der Waals surface area contributed by atoms with Crippen LogP contribution < -0.4 is 11.1 Å². The molecule has 0 aliphatic carbocycles. The molecule has 6 heteroatoms. The summed E-state index contributed by atoms with van der Waals surface area (Å²) in [6, 6.07) is 3.52. The lowest BCUT2D eigenvalue weighted by Crippen LogP contribution is -2.16. The summed E-state index contributed by atoms with van der Waals surface area (Å²) in [6.07, 6.45) is 5.31. The first-order valence-corrected chi connectivity index (χ1v) is 5.53. The molecule has 0 saturated heterocycles. The van der Waals surface area contributed by atoms with Crippen molar-refractivity contribution in [1.29, 1.82) is 0 Å². The van der Waals surface area contributed by atoms with Gasteiger partial charge in [0, 0.05) is 30.0 Å². The number of aromatic nitrogens is 3. The van der Waals surface area contributed by atoms with Crippen LogP contribution in [0.15, 0.2) is 30.7 Å². The fourth-order valence-corrected chi connectivity index (χ4v) is 1.46. The van der Waals surface area contributed by atoms with Gasteiger partial charge in [-0.2, -0.15) is 0 Å². The highest BCUT2D eigenvalue weighted by molar-refractivity contribution is 6.05. The molecule has 0 radical (unpaired) electrons. The van der Waals surface area contributed by atoms with Crippen LogP contribution in [0.2, 0.25) is 0 Å². The highest BCUT2D eigenvalue weighted by Gasteiger charge is 2.12. The minimum Gasteiger partial charge on any atom is -0.382 e. The van der Waals surface area contributed by atoms with E-state index in [1.807, 2.05) is 13.0 Å². The van der Waals surface area contributed by atoms with Gasteiger partial charge in [0.1, 0.15) is 0 Å². The molecule has 0 aliphatic rings. The van der Waals surface area contributed by atoms with E-state index in [1.165, 1.54) is 12.4 Å². The largest absolute Gasteiger partial charge is 0.382 e. The Morgan fingerprint density at radius 3 is 2.78 bits per heavy atom. The second-order valence-electron chi connectivity index (χ2n) is 3.63. The summed E-state index contributed by atoms with van der Waals surface area (Å²) >= 11 is 0. The van der Waals surface area contributed by atoms with Crippen molar-refractivity contribution in [2.45, 2.75) is 13.3 Å². The lowest BCUT2D eigenvalue weighted by molar-refractivity contribution is 0.102. The maximum Gasteiger partial charge on any atom is 0.278 e. The molecular formula is C12H13N5O. The van der Waals surface area contributed by atoms with E-state index in [0.717, 1.165) is 12.1 Å². The van der Waals surface area contributed by atoms with E-state index < -0.39 is 0 Å². The van der Waals surface area contributed by atoms with E-state index in [9.17, 15) is 4.79 Å². The van der Waals surface area contributed by atoms with Crippen molar-refractivity contribution in [3.05, 3.63) is 42.1 Å². The zero-order valence-electron chi connectivity index (χ0n) is 9.92. The van der Waals surface area contributed by atoms with Crippen molar-refractivity contribution in [3.8, 4) is 0 Å². The summed E-state index contributed by atoms with van der Waals surface area (Å²) in [6.45, 7) is 1.99. The number of anilines is 2. The van der Waals surface area contributed by atoms with Gasteiger partial charge in [-0.1, -0.05) is 6.92 Å². The quantitative estimate of drug-likeness (QED) is 0.846. The Morgan fingerprint density at radius 2 is 2.06 bits per heavy atom. The van der Waals surface area contributed by atoms with Crippen molar-refractivity contribution >= 4 is 17.4 Å². The fraction of sp³-hybridized carbons (Fsp3) is 0.167. The van der Waals surface area contributed by atoms with Crippen molar-refractivity contribution in [1.82, 2.24) is 15.0 Å². The lowest BCUT2D eigenvalue weighted by Gasteiger charge is -2.06. The van der Waals surface area contributed by atoms with Gasteiger partial charge in [0.25, 0.3) is 5.91 Å². The van der Waals surface area contributed by atoms with Crippen LogP contribution in [-0.2, 0) is 6.42 Å². The molecule has 0 spiro atoms. The van der Waals surface area contributed by atoms with Gasteiger partial charge in [0.2, 0.25) is 0 Å². The molecule has 18 heavy (non-hydrogen) atoms. The summed E-state index contributed by atoms with van der Waals surface area (Å²) < 4.78 is 0. The van der Waals surface area contributed by atoms with Gasteiger partial charge in [0.05, 0.1) is 0 Å². The van der Waals surface area contributed by atoms with Crippen molar-refractivity contribution in [2.75, 3.05) is 11.1 Å². The minimum absolute atomic E-state index is 0.111. The molecule has 0 fully saturated rings. The van der Waals surface area contributed by atoms with Crippen LogP contribution in [0.1, 0.15) is 23.1 Å². The fourth-order valence-electron chi connectivity index (χ4n) is 1.46. The first kappa shape index (κ1) is 12.0. The first-order valence-electron chi connectivity index (χ1n) is 5.53. The minimum atomic E-state index is -0.381. The molecule has 0 aliphatic heterocycles. The van der Waals surface area contributed by atoms with E-state index in [1.54, 1.807) is 12.3 Å². The predicted octanol–water partition coefficient (Wildman–Crippen LogP) is 1.27. The number of pyridine rings is 1. The molecule has 0 aromatic carbocycles. The number of nitrogen functional groups attached to an aromatic ring is 1. The van der Waals surface area contributed by atoms with Gasteiger partial charge >= 0.3 is 0 Å². The zero-order chi connectivity index (χ0) is 13.0. The molecule has 92 valence electrons. The number of aryl methyl sites for hydroxylation is 1. The van der Waals surface area contributed by atoms with Crippen LogP contribution in [0, 0.1) is 0 Å². The molecule has 0 saturated carbocycles. The molecular weight excluding hydrogens is 230 g/mol. The first-order chi connectivity index (χ1) is 8.70. The molecule has 2 aromatic rings. The molecule has 3 N–H and O–H groups in total. The highest BCUT2D eigenvalue weighted by atomic mass is 16.1. The normalized spacial score (nSPS) is 10.1. The van der Waals surface area contributed by atoms with Crippen LogP contribution in [0.25, 0.3) is 0 Å². The van der Waals surface area contributed by atoms with Crippen molar-refractivity contribution < 1.29 is 4.79 Å². The molecule has 2 rings (SSSR count). The van der Waals surface area contributed by atoms with Gasteiger partial charge in [-0.25, -0.2) is 9.97 Å². The second kappa shape index (κ2) is 5.22. The van der Waals surface area contributed by atoms with E-state index in [4.69, 9.17) is 5.73 Å². The van der Waals surface area contributed by atoms with Gasteiger partial charge in [0.15, 0.2) is 11.5 Å². The third kappa shape index (κ3) is 2.60. The zero-order valence-corrected chi connectivity index (χ0v) is 9.92. The molecule has 2 heterocycles. The Morgan fingerprint density at radius 1 is 1.28 bits per heavy atom. The molecule has 1 amide bonds. The molecule has 0 unspecified atom stereocenters. The number of hydrogen-bond donors (Lipinski definition) is 2. The van der Waals surface area contributed by atoms with Gasteiger partial charge in [-0.3, -0.25) is 9.78 Å². The summed E-state index contributed by atoms with van der Waals surface area (Å²) in [4.78, 5) is 23.8. The Kier molecular flexibility index (Phi) is 3.47. The SMILES string of the molecule is CCc1cc(NC(=O)c2nccnc2N)ccn1. The summed E-state index contributed by atoms with van der Waals surface area (Å²) in [7, 11) is 0. The average molecular weight is 243 g/mol. The third-order valence-corrected chi connectivity index (χ3v) is 2.38. The average Bonchev–Trinajstić information content (AvgIpc) is 2.39. The van der Waals surface area contributed by atoms with E-state index in [-0.39, 0.29) is 17.4 Å². The number of nitrogens with two attached hydrogens (primary N) is 1. The molecule has 2 aromatic heterocycles. The Labute approximate surface area is 104 Å².